The molecule has 1 nitrogen and oxygen atoms in total. The summed E-state index contributed by atoms with van der Waals surface area (Å²) < 4.78 is 6.76. The number of ether oxygens (including phenoxy) is 1. The van der Waals surface area contributed by atoms with E-state index in [2.05, 4.69) is 69.2 Å². The molecule has 25 heavy (non-hydrogen) atoms. The van der Waals surface area contributed by atoms with Gasteiger partial charge in [0.15, 0.2) is 0 Å². The largest absolute Gasteiger partial charge is 0.375 e. The predicted molar refractivity (Wildman–Crippen MR) is 114 cm³/mol. The molecule has 0 rings (SSSR count). The molecule has 0 aromatic rings. The number of hydrogen-bond acceptors (Lipinski definition) is 1. The molecule has 0 saturated carbocycles. The van der Waals surface area contributed by atoms with Crippen molar-refractivity contribution in [3.05, 3.63) is 0 Å². The maximum absolute atomic E-state index is 6.76. The highest BCUT2D eigenvalue weighted by atomic mass is 16.5. The molecule has 0 N–H and O–H groups in total. The minimum atomic E-state index is 0.354. The van der Waals surface area contributed by atoms with E-state index in [1.807, 2.05) is 0 Å². The van der Waals surface area contributed by atoms with Gasteiger partial charge in [-0.05, 0) is 49.4 Å². The zero-order valence-electron chi connectivity index (χ0n) is 19.3. The van der Waals surface area contributed by atoms with Crippen molar-refractivity contribution < 1.29 is 4.74 Å². The van der Waals surface area contributed by atoms with Gasteiger partial charge in [-0.2, -0.15) is 0 Å². The molecular weight excluding hydrogens is 304 g/mol. The van der Waals surface area contributed by atoms with E-state index >= 15 is 0 Å². The fraction of sp³-hybridized carbons (Fsp3) is 1.00. The van der Waals surface area contributed by atoms with Gasteiger partial charge in [0.2, 0.25) is 0 Å². The summed E-state index contributed by atoms with van der Waals surface area (Å²) >= 11 is 0. The summed E-state index contributed by atoms with van der Waals surface area (Å²) in [5.74, 6) is 4.31. The lowest BCUT2D eigenvalue weighted by molar-refractivity contribution is -0.0936. The lowest BCUT2D eigenvalue weighted by atomic mass is 9.75. The van der Waals surface area contributed by atoms with Gasteiger partial charge in [-0.3, -0.25) is 0 Å². The molecule has 8 unspecified atom stereocenters. The van der Waals surface area contributed by atoms with Crippen molar-refractivity contribution in [2.45, 2.75) is 120 Å². The summed E-state index contributed by atoms with van der Waals surface area (Å²) in [7, 11) is 0. The highest BCUT2D eigenvalue weighted by molar-refractivity contribution is 4.81. The third-order valence-electron chi connectivity index (χ3n) is 6.92. The van der Waals surface area contributed by atoms with Crippen LogP contribution in [0.2, 0.25) is 0 Å². The van der Waals surface area contributed by atoms with Gasteiger partial charge in [-0.1, -0.05) is 93.9 Å². The second kappa shape index (κ2) is 13.2. The van der Waals surface area contributed by atoms with Crippen LogP contribution in [0.15, 0.2) is 0 Å². The summed E-state index contributed by atoms with van der Waals surface area (Å²) in [5.41, 5.74) is 0. The van der Waals surface area contributed by atoms with Crippen LogP contribution >= 0.6 is 0 Å². The second-order valence-electron chi connectivity index (χ2n) is 9.00. The van der Waals surface area contributed by atoms with Gasteiger partial charge < -0.3 is 4.74 Å². The highest BCUT2D eigenvalue weighted by Crippen LogP contribution is 2.36. The summed E-state index contributed by atoms with van der Waals surface area (Å²) in [6.07, 6.45) is 8.40. The Bertz CT molecular complexity index is 283. The Morgan fingerprint density at radius 3 is 1.08 bits per heavy atom. The minimum absolute atomic E-state index is 0.354. The molecule has 0 fully saturated rings. The summed E-state index contributed by atoms with van der Waals surface area (Å²) in [6.45, 7) is 23.7. The Hall–Kier alpha value is -0.0400. The summed E-state index contributed by atoms with van der Waals surface area (Å²) in [4.78, 5) is 0. The first-order valence-electron chi connectivity index (χ1n) is 11.4. The molecule has 8 atom stereocenters. The normalized spacial score (nSPS) is 21.8. The molecule has 0 aliphatic rings. The van der Waals surface area contributed by atoms with E-state index in [4.69, 9.17) is 4.74 Å². The Morgan fingerprint density at radius 2 is 0.840 bits per heavy atom. The molecule has 0 saturated heterocycles. The minimum Gasteiger partial charge on any atom is -0.375 e. The predicted octanol–water partition coefficient (Wildman–Crippen LogP) is 7.98. The van der Waals surface area contributed by atoms with E-state index in [0.29, 0.717) is 24.0 Å². The van der Waals surface area contributed by atoms with Crippen molar-refractivity contribution in [2.24, 2.45) is 35.5 Å². The monoisotopic (exact) mass is 354 g/mol. The van der Waals surface area contributed by atoms with Crippen LogP contribution in [0.4, 0.5) is 0 Å². The van der Waals surface area contributed by atoms with Gasteiger partial charge in [0, 0.05) is 0 Å². The van der Waals surface area contributed by atoms with Gasteiger partial charge in [0.1, 0.15) is 0 Å². The van der Waals surface area contributed by atoms with Gasteiger partial charge in [0.05, 0.1) is 12.2 Å². The first-order chi connectivity index (χ1) is 11.7. The van der Waals surface area contributed by atoms with Crippen LogP contribution in [-0.2, 0) is 4.74 Å². The fourth-order valence-corrected chi connectivity index (χ4v) is 5.33. The molecule has 0 aromatic carbocycles. The first kappa shape index (κ1) is 25.0. The first-order valence-corrected chi connectivity index (χ1v) is 11.4. The molecular formula is C24H50O. The fourth-order valence-electron chi connectivity index (χ4n) is 5.33. The second-order valence-corrected chi connectivity index (χ2v) is 9.00. The van der Waals surface area contributed by atoms with Gasteiger partial charge in [0.25, 0.3) is 0 Å². The zero-order valence-corrected chi connectivity index (χ0v) is 19.3. The Kier molecular flexibility index (Phi) is 13.2. The highest BCUT2D eigenvalue weighted by Gasteiger charge is 2.33. The van der Waals surface area contributed by atoms with Crippen molar-refractivity contribution >= 4 is 0 Å². The third-order valence-corrected chi connectivity index (χ3v) is 6.92. The summed E-state index contributed by atoms with van der Waals surface area (Å²) in [6, 6.07) is 0. The quantitative estimate of drug-likeness (QED) is 0.307. The summed E-state index contributed by atoms with van der Waals surface area (Å²) in [5, 5.41) is 0. The van der Waals surface area contributed by atoms with Crippen LogP contribution in [0.3, 0.4) is 0 Å². The average Bonchev–Trinajstić information content (AvgIpc) is 2.55. The molecule has 0 radical (unpaired) electrons. The molecule has 1 heteroatoms. The van der Waals surface area contributed by atoms with Crippen molar-refractivity contribution in [1.29, 1.82) is 0 Å². The van der Waals surface area contributed by atoms with Crippen LogP contribution in [0, 0.1) is 35.5 Å². The lowest BCUT2D eigenvalue weighted by Gasteiger charge is -2.40. The maximum atomic E-state index is 6.76. The van der Waals surface area contributed by atoms with Crippen molar-refractivity contribution in [2.75, 3.05) is 0 Å². The van der Waals surface area contributed by atoms with Crippen molar-refractivity contribution in [3.63, 3.8) is 0 Å². The van der Waals surface area contributed by atoms with Gasteiger partial charge in [-0.15, -0.1) is 0 Å². The third kappa shape index (κ3) is 8.02. The van der Waals surface area contributed by atoms with Crippen LogP contribution in [0.5, 0.6) is 0 Å². The van der Waals surface area contributed by atoms with Crippen LogP contribution in [-0.4, -0.2) is 12.2 Å². The van der Waals surface area contributed by atoms with E-state index in [1.54, 1.807) is 0 Å². The van der Waals surface area contributed by atoms with Crippen molar-refractivity contribution in [1.82, 2.24) is 0 Å². The maximum Gasteiger partial charge on any atom is 0.0584 e. The van der Waals surface area contributed by atoms with E-state index in [1.165, 1.54) is 38.5 Å². The lowest BCUT2D eigenvalue weighted by Crippen LogP contribution is -2.39. The van der Waals surface area contributed by atoms with E-state index in [-0.39, 0.29) is 0 Å². The van der Waals surface area contributed by atoms with Crippen LogP contribution in [0.1, 0.15) is 108 Å². The SMILES string of the molecule is CCCC(C)C(C(C)CC)C(C)OC(C)C(C(C)CC)C(C)CCC. The number of hydrogen-bond donors (Lipinski definition) is 0. The van der Waals surface area contributed by atoms with Gasteiger partial charge in [-0.25, -0.2) is 0 Å². The van der Waals surface area contributed by atoms with E-state index in [9.17, 15) is 0 Å². The zero-order chi connectivity index (χ0) is 19.6. The Balaban J connectivity index is 5.17. The molecule has 0 aliphatic heterocycles. The van der Waals surface area contributed by atoms with Crippen LogP contribution in [0.25, 0.3) is 0 Å². The van der Waals surface area contributed by atoms with Gasteiger partial charge >= 0.3 is 0 Å². The Labute approximate surface area is 160 Å². The molecule has 0 aromatic heterocycles. The average molecular weight is 355 g/mol. The van der Waals surface area contributed by atoms with Crippen molar-refractivity contribution in [3.8, 4) is 0 Å². The molecule has 0 aliphatic carbocycles. The van der Waals surface area contributed by atoms with E-state index < -0.39 is 0 Å². The van der Waals surface area contributed by atoms with Crippen LogP contribution < -0.4 is 0 Å². The molecule has 0 heterocycles. The van der Waals surface area contributed by atoms with E-state index in [0.717, 1.165) is 23.7 Å². The topological polar surface area (TPSA) is 9.23 Å². The standard InChI is InChI=1S/C24H50O/c1-11-15-19(7)23(17(5)13-3)21(9)25-22(10)24(18(6)14-4)20(8)16-12-2/h17-24H,11-16H2,1-10H3. The number of rotatable bonds is 14. The smallest absolute Gasteiger partial charge is 0.0584 e. The molecule has 0 bridgehead atoms. The Morgan fingerprint density at radius 1 is 0.520 bits per heavy atom. The molecule has 0 spiro atoms. The molecule has 0 amide bonds. The molecule has 152 valence electrons.